The Morgan fingerprint density at radius 1 is 1.40 bits per heavy atom. The topological polar surface area (TPSA) is 42.8 Å². The van der Waals surface area contributed by atoms with Gasteiger partial charge in [-0.05, 0) is 42.5 Å². The van der Waals surface area contributed by atoms with Crippen LogP contribution in [0.15, 0.2) is 29.6 Å². The molecule has 0 spiro atoms. The summed E-state index contributed by atoms with van der Waals surface area (Å²) in [5.74, 6) is 1.38. The van der Waals surface area contributed by atoms with Gasteiger partial charge >= 0.3 is 0 Å². The Kier molecular flexibility index (Phi) is 4.71. The van der Waals surface area contributed by atoms with Gasteiger partial charge in [-0.3, -0.25) is 4.79 Å². The van der Waals surface area contributed by atoms with Crippen molar-refractivity contribution < 1.29 is 14.4 Å². The van der Waals surface area contributed by atoms with Crippen molar-refractivity contribution in [2.24, 2.45) is 5.92 Å². The minimum Gasteiger partial charge on any atom is -0.495 e. The van der Waals surface area contributed by atoms with Gasteiger partial charge in [-0.2, -0.15) is 0 Å². The molecule has 2 atom stereocenters. The Morgan fingerprint density at radius 2 is 2.24 bits per heavy atom. The molecule has 0 saturated heterocycles. The largest absolute Gasteiger partial charge is 0.495 e. The molecule has 132 valence electrons. The van der Waals surface area contributed by atoms with E-state index >= 15 is 0 Å². The molecule has 6 heteroatoms. The maximum atomic E-state index is 12.7. The highest BCUT2D eigenvalue weighted by molar-refractivity contribution is 7.10. The predicted molar refractivity (Wildman–Crippen MR) is 101 cm³/mol. The lowest BCUT2D eigenvalue weighted by Gasteiger charge is -2.32. The van der Waals surface area contributed by atoms with E-state index < -0.39 is 0 Å². The molecule has 4 nitrogen and oxygen atoms in total. The Bertz CT molecular complexity index is 787. The van der Waals surface area contributed by atoms with Gasteiger partial charge in [0.05, 0.1) is 19.3 Å². The van der Waals surface area contributed by atoms with Gasteiger partial charge in [0.15, 0.2) is 6.54 Å². The van der Waals surface area contributed by atoms with Crippen molar-refractivity contribution in [1.82, 2.24) is 0 Å². The van der Waals surface area contributed by atoms with E-state index in [2.05, 4.69) is 16.8 Å². The molecule has 25 heavy (non-hydrogen) atoms. The van der Waals surface area contributed by atoms with Crippen LogP contribution in [0.3, 0.4) is 0 Å². The van der Waals surface area contributed by atoms with Crippen LogP contribution in [0.25, 0.3) is 0 Å². The van der Waals surface area contributed by atoms with Gasteiger partial charge < -0.3 is 15.0 Å². The van der Waals surface area contributed by atoms with E-state index in [1.807, 2.05) is 11.3 Å². The summed E-state index contributed by atoms with van der Waals surface area (Å²) in [4.78, 5) is 15.6. The van der Waals surface area contributed by atoms with Gasteiger partial charge in [0.25, 0.3) is 5.91 Å². The number of benzene rings is 1. The van der Waals surface area contributed by atoms with Crippen molar-refractivity contribution >= 4 is 34.5 Å². The number of methoxy groups -OCH3 is 1. The fourth-order valence-electron chi connectivity index (χ4n) is 3.87. The second-order valence-corrected chi connectivity index (χ2v) is 8.28. The molecule has 2 aliphatic rings. The molecule has 1 saturated carbocycles. The third-order valence-corrected chi connectivity index (χ3v) is 6.38. The number of quaternary nitrogens is 1. The first-order valence-electron chi connectivity index (χ1n) is 8.70. The molecule has 1 aliphatic carbocycles. The van der Waals surface area contributed by atoms with Crippen LogP contribution >= 0.6 is 22.9 Å². The maximum absolute atomic E-state index is 12.7. The van der Waals surface area contributed by atoms with Crippen LogP contribution in [0.5, 0.6) is 5.75 Å². The Labute approximate surface area is 156 Å². The summed E-state index contributed by atoms with van der Waals surface area (Å²) in [7, 11) is 1.59. The van der Waals surface area contributed by atoms with Crippen LogP contribution in [0.1, 0.15) is 29.3 Å². The number of nitrogens with one attached hydrogen (secondary N) is 2. The molecule has 2 N–H and O–H groups in total. The summed E-state index contributed by atoms with van der Waals surface area (Å²) in [6, 6.07) is 8.00. The molecular weight excluding hydrogens is 356 g/mol. The number of halogens is 1. The number of carbonyl (C=O) groups is 1. The van der Waals surface area contributed by atoms with Gasteiger partial charge in [0.1, 0.15) is 11.8 Å². The average molecular weight is 378 g/mol. The second-order valence-electron chi connectivity index (χ2n) is 6.84. The van der Waals surface area contributed by atoms with Gasteiger partial charge in [-0.1, -0.05) is 11.6 Å². The van der Waals surface area contributed by atoms with Crippen LogP contribution in [0, 0.1) is 5.92 Å². The number of hydrogen-bond donors (Lipinski definition) is 2. The zero-order valence-electron chi connectivity index (χ0n) is 14.2. The zero-order valence-corrected chi connectivity index (χ0v) is 15.8. The molecule has 1 amide bonds. The van der Waals surface area contributed by atoms with Crippen LogP contribution < -0.4 is 15.0 Å². The van der Waals surface area contributed by atoms with Crippen molar-refractivity contribution in [1.29, 1.82) is 0 Å². The summed E-state index contributed by atoms with van der Waals surface area (Å²) < 4.78 is 5.32. The van der Waals surface area contributed by atoms with Gasteiger partial charge in [0.2, 0.25) is 0 Å². The predicted octanol–water partition coefficient (Wildman–Crippen LogP) is 2.94. The van der Waals surface area contributed by atoms with Crippen LogP contribution in [0.2, 0.25) is 5.02 Å². The minimum atomic E-state index is 0.0138. The highest BCUT2D eigenvalue weighted by atomic mass is 35.5. The van der Waals surface area contributed by atoms with E-state index in [0.717, 1.165) is 18.9 Å². The third-order valence-electron chi connectivity index (χ3n) is 5.14. The molecule has 2 aromatic rings. The van der Waals surface area contributed by atoms with Crippen LogP contribution in [-0.4, -0.2) is 26.1 Å². The fraction of sp³-hybridized carbons (Fsp3) is 0.421. The number of ether oxygens (including phenoxy) is 1. The molecule has 1 unspecified atom stereocenters. The summed E-state index contributed by atoms with van der Waals surface area (Å²) >= 11 is 7.91. The number of carbonyl (C=O) groups excluding carboxylic acids is 1. The summed E-state index contributed by atoms with van der Waals surface area (Å²) in [5, 5.41) is 5.76. The lowest BCUT2D eigenvalue weighted by atomic mass is 9.96. The molecule has 1 aromatic carbocycles. The van der Waals surface area contributed by atoms with E-state index in [-0.39, 0.29) is 5.91 Å². The summed E-state index contributed by atoms with van der Waals surface area (Å²) in [6.07, 6.45) is 3.64. The first-order valence-corrected chi connectivity index (χ1v) is 9.95. The Morgan fingerprint density at radius 3 is 3.00 bits per heavy atom. The first-order chi connectivity index (χ1) is 12.2. The Hall–Kier alpha value is -1.56. The van der Waals surface area contributed by atoms with E-state index in [1.54, 1.807) is 25.3 Å². The van der Waals surface area contributed by atoms with E-state index in [0.29, 0.717) is 29.0 Å². The van der Waals surface area contributed by atoms with Crippen molar-refractivity contribution in [2.75, 3.05) is 25.5 Å². The van der Waals surface area contributed by atoms with Gasteiger partial charge in [-0.15, -0.1) is 11.3 Å². The standard InChI is InChI=1S/C19H21ClN2O2S/c1-24-16-5-4-13(20)10-15(16)21-18(23)11-22-8-6-17-14(7-9-25-17)19(22)12-2-3-12/h4-5,7,9-10,12,19H,2-3,6,8,11H2,1H3,(H,21,23)/p+1/t19-/m1/s1. The number of fused-ring (bicyclic) bond motifs is 1. The highest BCUT2D eigenvalue weighted by Gasteiger charge is 2.43. The molecule has 1 aromatic heterocycles. The van der Waals surface area contributed by atoms with E-state index in [9.17, 15) is 4.79 Å². The highest BCUT2D eigenvalue weighted by Crippen LogP contribution is 2.42. The lowest BCUT2D eigenvalue weighted by Crippen LogP contribution is -3.14. The zero-order chi connectivity index (χ0) is 17.4. The van der Waals surface area contributed by atoms with Gasteiger partial charge in [0, 0.05) is 27.8 Å². The van der Waals surface area contributed by atoms with Gasteiger partial charge in [-0.25, -0.2) is 0 Å². The molecule has 4 rings (SSSR count). The quantitative estimate of drug-likeness (QED) is 0.841. The lowest BCUT2D eigenvalue weighted by molar-refractivity contribution is -0.928. The summed E-state index contributed by atoms with van der Waals surface area (Å²) in [5.41, 5.74) is 2.11. The molecule has 1 fully saturated rings. The Balaban J connectivity index is 1.48. The monoisotopic (exact) mass is 377 g/mol. The fourth-order valence-corrected chi connectivity index (χ4v) is 4.98. The number of hydrogen-bond acceptors (Lipinski definition) is 3. The molecule has 1 aliphatic heterocycles. The SMILES string of the molecule is COc1ccc(Cl)cc1NC(=O)C[NH+]1CCc2sccc2[C@H]1C1CC1. The van der Waals surface area contributed by atoms with E-state index in [4.69, 9.17) is 16.3 Å². The average Bonchev–Trinajstić information content (AvgIpc) is 3.31. The molecule has 0 bridgehead atoms. The van der Waals surface area contributed by atoms with E-state index in [1.165, 1.54) is 28.2 Å². The molecule has 0 radical (unpaired) electrons. The van der Waals surface area contributed by atoms with Crippen molar-refractivity contribution in [3.8, 4) is 5.75 Å². The van der Waals surface area contributed by atoms with Crippen molar-refractivity contribution in [2.45, 2.75) is 25.3 Å². The number of rotatable bonds is 5. The first kappa shape index (κ1) is 16.9. The van der Waals surface area contributed by atoms with Crippen molar-refractivity contribution in [3.63, 3.8) is 0 Å². The second kappa shape index (κ2) is 6.98. The minimum absolute atomic E-state index is 0.0138. The summed E-state index contributed by atoms with van der Waals surface area (Å²) in [6.45, 7) is 1.50. The smallest absolute Gasteiger partial charge is 0.279 e. The van der Waals surface area contributed by atoms with Crippen molar-refractivity contribution in [3.05, 3.63) is 45.1 Å². The van der Waals surface area contributed by atoms with Crippen LogP contribution in [0.4, 0.5) is 5.69 Å². The number of anilines is 1. The third kappa shape index (κ3) is 3.54. The molecule has 2 heterocycles. The number of thiophene rings is 1. The maximum Gasteiger partial charge on any atom is 0.279 e. The normalized spacial score (nSPS) is 22.3. The molecular formula is C19H22ClN2O2S+. The van der Waals surface area contributed by atoms with Crippen LogP contribution in [-0.2, 0) is 11.2 Å². The number of amides is 1.